The maximum atomic E-state index is 10.7. The van der Waals surface area contributed by atoms with Gasteiger partial charge in [0.1, 0.15) is 6.54 Å². The second kappa shape index (κ2) is 25.6. The van der Waals surface area contributed by atoms with Gasteiger partial charge in [-0.15, -0.1) is 0 Å². The molecule has 0 saturated carbocycles. The van der Waals surface area contributed by atoms with Gasteiger partial charge < -0.3 is 19.7 Å². The van der Waals surface area contributed by atoms with E-state index in [1.54, 1.807) is 0 Å². The summed E-state index contributed by atoms with van der Waals surface area (Å²) in [4.78, 5) is 11.9. The maximum absolute atomic E-state index is 10.7. The standard InChI is InChI=1S/C23H45NO3.CH4O4S/c1-2-3-4-5-6-7-8-9-10-11-12-13-14-15-16-17-19-24(21-22-25)20-18-23(26)27;1-5-6(2,3)4/h9-10,25H,2-8,11-22H2,1H3,(H,26,27);1H3,(H,2,3,4)/b10-9-;. The lowest BCUT2D eigenvalue weighted by molar-refractivity contribution is -0.900. The fourth-order valence-electron chi connectivity index (χ4n) is 3.44. The largest absolute Gasteiger partial charge is 0.726 e. The summed E-state index contributed by atoms with van der Waals surface area (Å²) in [6.45, 7) is 4.68. The number of nitrogens with one attached hydrogen (secondary N) is 1. The van der Waals surface area contributed by atoms with Gasteiger partial charge in [0.15, 0.2) is 0 Å². The topological polar surface area (TPSA) is 128 Å². The Labute approximate surface area is 202 Å². The molecular formula is C24H49NO7S. The monoisotopic (exact) mass is 495 g/mol. The molecule has 0 aliphatic heterocycles. The van der Waals surface area contributed by atoms with Crippen molar-refractivity contribution < 1.29 is 37.1 Å². The molecule has 0 heterocycles. The third kappa shape index (κ3) is 33.3. The Morgan fingerprint density at radius 1 is 0.848 bits per heavy atom. The van der Waals surface area contributed by atoms with Crippen LogP contribution in [0.5, 0.6) is 0 Å². The molecule has 0 aliphatic carbocycles. The van der Waals surface area contributed by atoms with Gasteiger partial charge in [0, 0.05) is 0 Å². The summed E-state index contributed by atoms with van der Waals surface area (Å²) in [5, 5.41) is 17.8. The average Bonchev–Trinajstić information content (AvgIpc) is 2.77. The molecule has 8 nitrogen and oxygen atoms in total. The Bertz CT molecular complexity index is 553. The normalized spacial score (nSPS) is 12.5. The van der Waals surface area contributed by atoms with E-state index in [0.29, 0.717) is 13.1 Å². The number of carboxylic acid groups (broad SMARTS) is 1. The second-order valence-electron chi connectivity index (χ2n) is 8.38. The number of allylic oxidation sites excluding steroid dienone is 2. The lowest BCUT2D eigenvalue weighted by atomic mass is 10.1. The second-order valence-corrected chi connectivity index (χ2v) is 9.53. The molecule has 0 aromatic heterocycles. The molecule has 3 N–H and O–H groups in total. The third-order valence-electron chi connectivity index (χ3n) is 5.40. The highest BCUT2D eigenvalue weighted by Crippen LogP contribution is 2.09. The van der Waals surface area contributed by atoms with E-state index in [1.807, 2.05) is 0 Å². The van der Waals surface area contributed by atoms with Gasteiger partial charge in [0.25, 0.3) is 0 Å². The van der Waals surface area contributed by atoms with E-state index in [4.69, 9.17) is 10.2 Å². The molecule has 9 heteroatoms. The van der Waals surface area contributed by atoms with Gasteiger partial charge in [-0.3, -0.25) is 8.98 Å². The van der Waals surface area contributed by atoms with E-state index in [2.05, 4.69) is 23.3 Å². The van der Waals surface area contributed by atoms with Crippen molar-refractivity contribution in [1.82, 2.24) is 0 Å². The Morgan fingerprint density at radius 3 is 1.73 bits per heavy atom. The Morgan fingerprint density at radius 2 is 1.30 bits per heavy atom. The smallest absolute Gasteiger partial charge is 0.309 e. The first kappa shape index (κ1) is 34.2. The van der Waals surface area contributed by atoms with Crippen LogP contribution in [0.4, 0.5) is 0 Å². The molecule has 0 aromatic carbocycles. The predicted octanol–water partition coefficient (Wildman–Crippen LogP) is 3.47. The zero-order valence-electron chi connectivity index (χ0n) is 20.9. The lowest BCUT2D eigenvalue weighted by Crippen LogP contribution is -3.12. The highest BCUT2D eigenvalue weighted by molar-refractivity contribution is 7.80. The maximum Gasteiger partial charge on any atom is 0.309 e. The summed E-state index contributed by atoms with van der Waals surface area (Å²) in [5.74, 6) is -0.744. The van der Waals surface area contributed by atoms with Crippen molar-refractivity contribution in [2.75, 3.05) is 33.4 Å². The SMILES string of the molecule is CCCCCCCC/C=C\CCCCCCCC[NH+](CCO)CCC(=O)O.COS(=O)(=O)[O-]. The van der Waals surface area contributed by atoms with Gasteiger partial charge in [-0.05, 0) is 38.5 Å². The minimum Gasteiger partial charge on any atom is -0.726 e. The Hall–Kier alpha value is -1.00. The van der Waals surface area contributed by atoms with E-state index in [1.165, 1.54) is 88.4 Å². The van der Waals surface area contributed by atoms with Crippen LogP contribution in [0, 0.1) is 0 Å². The van der Waals surface area contributed by atoms with Crippen molar-refractivity contribution in [3.05, 3.63) is 12.2 Å². The summed E-state index contributed by atoms with van der Waals surface area (Å²) < 4.78 is 31.0. The van der Waals surface area contributed by atoms with Crippen LogP contribution >= 0.6 is 0 Å². The first-order chi connectivity index (χ1) is 15.8. The minimum atomic E-state index is -4.41. The number of aliphatic hydroxyl groups is 1. The summed E-state index contributed by atoms with van der Waals surface area (Å²) >= 11 is 0. The molecular weight excluding hydrogens is 446 g/mol. The van der Waals surface area contributed by atoms with Gasteiger partial charge in [0.2, 0.25) is 10.4 Å². The van der Waals surface area contributed by atoms with Crippen molar-refractivity contribution in [3.63, 3.8) is 0 Å². The molecule has 0 saturated heterocycles. The van der Waals surface area contributed by atoms with Crippen LogP contribution in [0.15, 0.2) is 12.2 Å². The molecule has 0 spiro atoms. The van der Waals surface area contributed by atoms with Crippen LogP contribution < -0.4 is 4.90 Å². The van der Waals surface area contributed by atoms with Crippen molar-refractivity contribution in [1.29, 1.82) is 0 Å². The first-order valence-corrected chi connectivity index (χ1v) is 13.9. The zero-order chi connectivity index (χ0) is 25.2. The lowest BCUT2D eigenvalue weighted by Gasteiger charge is -2.17. The van der Waals surface area contributed by atoms with E-state index < -0.39 is 16.4 Å². The third-order valence-corrected chi connectivity index (χ3v) is 5.81. The molecule has 0 aliphatic rings. The summed E-state index contributed by atoms with van der Waals surface area (Å²) in [6, 6.07) is 0. The van der Waals surface area contributed by atoms with E-state index >= 15 is 0 Å². The molecule has 198 valence electrons. The highest BCUT2D eigenvalue weighted by atomic mass is 32.3. The van der Waals surface area contributed by atoms with Crippen LogP contribution in [0.2, 0.25) is 0 Å². The van der Waals surface area contributed by atoms with Gasteiger partial charge in [-0.25, -0.2) is 8.42 Å². The number of aliphatic carboxylic acids is 1. The molecule has 0 amide bonds. The number of aliphatic hydroxyl groups excluding tert-OH is 1. The molecule has 0 rings (SSSR count). The summed E-state index contributed by atoms with van der Waals surface area (Å²) in [7, 11) is -3.60. The minimum absolute atomic E-state index is 0.140. The molecule has 0 bridgehead atoms. The summed E-state index contributed by atoms with van der Waals surface area (Å²) in [6.07, 6.45) is 23.2. The zero-order valence-corrected chi connectivity index (χ0v) is 21.8. The molecule has 33 heavy (non-hydrogen) atoms. The number of hydrogen-bond donors (Lipinski definition) is 3. The van der Waals surface area contributed by atoms with E-state index in [-0.39, 0.29) is 13.0 Å². The average molecular weight is 496 g/mol. The van der Waals surface area contributed by atoms with Crippen LogP contribution in [-0.2, 0) is 19.4 Å². The van der Waals surface area contributed by atoms with Gasteiger partial charge in [0.05, 0.1) is 33.2 Å². The molecule has 0 radical (unpaired) electrons. The van der Waals surface area contributed by atoms with Crippen molar-refractivity contribution in [2.45, 2.75) is 103 Å². The van der Waals surface area contributed by atoms with Gasteiger partial charge in [-0.1, -0.05) is 70.4 Å². The van der Waals surface area contributed by atoms with Gasteiger partial charge in [-0.2, -0.15) is 0 Å². The number of quaternary nitrogens is 1. The van der Waals surface area contributed by atoms with Crippen LogP contribution in [0.25, 0.3) is 0 Å². The van der Waals surface area contributed by atoms with Crippen molar-refractivity contribution in [3.8, 4) is 0 Å². The Kier molecular flexibility index (Phi) is 26.5. The number of carboxylic acids is 1. The predicted molar refractivity (Wildman–Crippen MR) is 131 cm³/mol. The fraction of sp³-hybridized carbons (Fsp3) is 0.875. The number of hydrogen-bond acceptors (Lipinski definition) is 6. The molecule has 1 atom stereocenters. The highest BCUT2D eigenvalue weighted by Gasteiger charge is 2.09. The van der Waals surface area contributed by atoms with Crippen LogP contribution in [0.1, 0.15) is 103 Å². The van der Waals surface area contributed by atoms with Crippen LogP contribution in [-0.4, -0.2) is 62.5 Å². The van der Waals surface area contributed by atoms with E-state index in [0.717, 1.165) is 20.1 Å². The van der Waals surface area contributed by atoms with Crippen molar-refractivity contribution in [2.24, 2.45) is 0 Å². The molecule has 0 fully saturated rings. The van der Waals surface area contributed by atoms with Gasteiger partial charge >= 0.3 is 5.97 Å². The number of carbonyl (C=O) groups is 1. The van der Waals surface area contributed by atoms with Crippen molar-refractivity contribution >= 4 is 16.4 Å². The number of rotatable bonds is 22. The van der Waals surface area contributed by atoms with Crippen LogP contribution in [0.3, 0.4) is 0 Å². The fourth-order valence-corrected chi connectivity index (χ4v) is 3.44. The molecule has 0 aromatic rings. The quantitative estimate of drug-likeness (QED) is 0.0908. The number of unbranched alkanes of at least 4 members (excludes halogenated alkanes) is 12. The first-order valence-electron chi connectivity index (χ1n) is 12.6. The summed E-state index contributed by atoms with van der Waals surface area (Å²) in [5.41, 5.74) is 0. The molecule has 1 unspecified atom stereocenters. The Balaban J connectivity index is 0. The van der Waals surface area contributed by atoms with E-state index in [9.17, 15) is 17.8 Å².